The highest BCUT2D eigenvalue weighted by Crippen LogP contribution is 2.38. The summed E-state index contributed by atoms with van der Waals surface area (Å²) in [6.07, 6.45) is 6.58. The fraction of sp³-hybridized carbons (Fsp3) is 0.929. The Kier molecular flexibility index (Phi) is 4.96. The van der Waals surface area contributed by atoms with Gasteiger partial charge in [0.2, 0.25) is 5.91 Å². The van der Waals surface area contributed by atoms with Crippen molar-refractivity contribution in [3.05, 3.63) is 0 Å². The van der Waals surface area contributed by atoms with Crippen molar-refractivity contribution in [2.24, 2.45) is 17.1 Å². The molecule has 4 heteroatoms. The van der Waals surface area contributed by atoms with Gasteiger partial charge in [-0.15, -0.1) is 0 Å². The summed E-state index contributed by atoms with van der Waals surface area (Å²) in [5.74, 6) is 3.29. The fourth-order valence-corrected chi connectivity index (χ4v) is 4.10. The summed E-state index contributed by atoms with van der Waals surface area (Å²) >= 11 is 1.95. The second kappa shape index (κ2) is 6.29. The number of rotatable bonds is 3. The number of nitrogens with one attached hydrogen (secondary N) is 1. The van der Waals surface area contributed by atoms with Crippen molar-refractivity contribution in [3.8, 4) is 0 Å². The van der Waals surface area contributed by atoms with E-state index in [1.807, 2.05) is 11.8 Å². The van der Waals surface area contributed by atoms with Gasteiger partial charge in [-0.05, 0) is 50.2 Å². The first-order valence-electron chi connectivity index (χ1n) is 7.25. The summed E-state index contributed by atoms with van der Waals surface area (Å²) in [5, 5.41) is 3.26. The Morgan fingerprint density at radius 3 is 2.67 bits per heavy atom. The van der Waals surface area contributed by atoms with E-state index in [1.165, 1.54) is 12.2 Å². The van der Waals surface area contributed by atoms with Gasteiger partial charge < -0.3 is 11.1 Å². The number of thioether (sulfide) groups is 1. The van der Waals surface area contributed by atoms with Crippen LogP contribution in [-0.4, -0.2) is 30.0 Å². The van der Waals surface area contributed by atoms with Crippen LogP contribution in [0, 0.1) is 11.3 Å². The smallest absolute Gasteiger partial charge is 0.227 e. The monoisotopic (exact) mass is 270 g/mol. The number of nitrogens with two attached hydrogens (primary N) is 1. The number of carbonyl (C=O) groups is 1. The SMILES string of the molecule is CC1CCC(CN)(C(=O)NC2CCCSC2)CC1. The largest absolute Gasteiger partial charge is 0.352 e. The third-order valence-corrected chi connectivity index (χ3v) is 5.81. The van der Waals surface area contributed by atoms with Crippen LogP contribution in [0.5, 0.6) is 0 Å². The van der Waals surface area contributed by atoms with Crippen molar-refractivity contribution >= 4 is 17.7 Å². The molecule has 1 heterocycles. The summed E-state index contributed by atoms with van der Waals surface area (Å²) in [5.41, 5.74) is 5.65. The molecule has 3 N–H and O–H groups in total. The van der Waals surface area contributed by atoms with Gasteiger partial charge in [0.05, 0.1) is 5.41 Å². The zero-order chi connectivity index (χ0) is 13.0. The van der Waals surface area contributed by atoms with E-state index in [1.54, 1.807) is 0 Å². The zero-order valence-corrected chi connectivity index (χ0v) is 12.2. The Bertz CT molecular complexity index is 282. The molecule has 1 unspecified atom stereocenters. The molecule has 1 saturated carbocycles. The van der Waals surface area contributed by atoms with Crippen molar-refractivity contribution in [3.63, 3.8) is 0 Å². The molecule has 1 aliphatic carbocycles. The van der Waals surface area contributed by atoms with Gasteiger partial charge in [-0.1, -0.05) is 6.92 Å². The Labute approximate surface area is 115 Å². The van der Waals surface area contributed by atoms with Gasteiger partial charge in [0.25, 0.3) is 0 Å². The lowest BCUT2D eigenvalue weighted by Gasteiger charge is -2.38. The second-order valence-corrected chi connectivity index (χ2v) is 7.20. The highest BCUT2D eigenvalue weighted by atomic mass is 32.2. The van der Waals surface area contributed by atoms with Crippen molar-refractivity contribution in [2.75, 3.05) is 18.1 Å². The molecule has 0 aromatic carbocycles. The minimum atomic E-state index is -0.269. The average Bonchev–Trinajstić information content (AvgIpc) is 2.41. The van der Waals surface area contributed by atoms with Crippen molar-refractivity contribution in [1.82, 2.24) is 5.32 Å². The van der Waals surface area contributed by atoms with Gasteiger partial charge in [-0.3, -0.25) is 4.79 Å². The second-order valence-electron chi connectivity index (χ2n) is 6.05. The molecule has 0 aromatic rings. The van der Waals surface area contributed by atoms with Crippen LogP contribution in [0.2, 0.25) is 0 Å². The number of hydrogen-bond donors (Lipinski definition) is 2. The van der Waals surface area contributed by atoms with Crippen LogP contribution in [-0.2, 0) is 4.79 Å². The maximum absolute atomic E-state index is 12.5. The van der Waals surface area contributed by atoms with E-state index >= 15 is 0 Å². The first-order valence-corrected chi connectivity index (χ1v) is 8.40. The Morgan fingerprint density at radius 2 is 2.11 bits per heavy atom. The lowest BCUT2D eigenvalue weighted by atomic mass is 9.70. The molecule has 0 spiro atoms. The van der Waals surface area contributed by atoms with Crippen LogP contribution in [0.25, 0.3) is 0 Å². The number of carbonyl (C=O) groups excluding carboxylic acids is 1. The van der Waals surface area contributed by atoms with E-state index in [-0.39, 0.29) is 11.3 Å². The summed E-state index contributed by atoms with van der Waals surface area (Å²) in [7, 11) is 0. The molecule has 2 fully saturated rings. The highest BCUT2D eigenvalue weighted by molar-refractivity contribution is 7.99. The average molecular weight is 270 g/mol. The van der Waals surface area contributed by atoms with Crippen LogP contribution >= 0.6 is 11.8 Å². The maximum Gasteiger partial charge on any atom is 0.227 e. The molecule has 2 aliphatic rings. The van der Waals surface area contributed by atoms with Crippen LogP contribution in [0.15, 0.2) is 0 Å². The summed E-state index contributed by atoms with van der Waals surface area (Å²) in [4.78, 5) is 12.5. The third kappa shape index (κ3) is 3.21. The molecule has 0 bridgehead atoms. The Morgan fingerprint density at radius 1 is 1.39 bits per heavy atom. The number of amides is 1. The van der Waals surface area contributed by atoms with Crippen molar-refractivity contribution < 1.29 is 4.79 Å². The first-order chi connectivity index (χ1) is 8.66. The van der Waals surface area contributed by atoms with E-state index in [0.29, 0.717) is 12.6 Å². The predicted octanol–water partition coefficient (Wildman–Crippen LogP) is 2.15. The van der Waals surface area contributed by atoms with Gasteiger partial charge >= 0.3 is 0 Å². The summed E-state index contributed by atoms with van der Waals surface area (Å²) in [6, 6.07) is 0.374. The van der Waals surface area contributed by atoms with Gasteiger partial charge in [0.1, 0.15) is 0 Å². The molecule has 0 radical (unpaired) electrons. The topological polar surface area (TPSA) is 55.1 Å². The minimum absolute atomic E-state index is 0.226. The van der Waals surface area contributed by atoms with Crippen molar-refractivity contribution in [1.29, 1.82) is 0 Å². The van der Waals surface area contributed by atoms with E-state index < -0.39 is 0 Å². The lowest BCUT2D eigenvalue weighted by Crippen LogP contribution is -2.51. The lowest BCUT2D eigenvalue weighted by molar-refractivity contribution is -0.133. The summed E-state index contributed by atoms with van der Waals surface area (Å²) in [6.45, 7) is 2.78. The van der Waals surface area contributed by atoms with Gasteiger partial charge in [-0.25, -0.2) is 0 Å². The standard InChI is InChI=1S/C14H26N2OS/c1-11-4-6-14(10-15,7-5-11)13(17)16-12-3-2-8-18-9-12/h11-12H,2-10,15H2,1H3,(H,16,17). The van der Waals surface area contributed by atoms with E-state index in [0.717, 1.165) is 43.8 Å². The Balaban J connectivity index is 1.92. The zero-order valence-electron chi connectivity index (χ0n) is 11.4. The molecule has 1 aliphatic heterocycles. The van der Waals surface area contributed by atoms with E-state index in [2.05, 4.69) is 12.2 Å². The van der Waals surface area contributed by atoms with Crippen molar-refractivity contribution in [2.45, 2.75) is 51.5 Å². The van der Waals surface area contributed by atoms with E-state index in [9.17, 15) is 4.79 Å². The molecule has 1 atom stereocenters. The van der Waals surface area contributed by atoms with Gasteiger partial charge in [0, 0.05) is 18.3 Å². The molecule has 2 rings (SSSR count). The highest BCUT2D eigenvalue weighted by Gasteiger charge is 2.40. The van der Waals surface area contributed by atoms with E-state index in [4.69, 9.17) is 5.73 Å². The van der Waals surface area contributed by atoms with Crippen LogP contribution in [0.1, 0.15) is 45.4 Å². The van der Waals surface area contributed by atoms with Crippen LogP contribution in [0.4, 0.5) is 0 Å². The third-order valence-electron chi connectivity index (χ3n) is 4.60. The molecule has 1 amide bonds. The van der Waals surface area contributed by atoms with Gasteiger partial charge in [0.15, 0.2) is 0 Å². The van der Waals surface area contributed by atoms with Crippen LogP contribution < -0.4 is 11.1 Å². The molecule has 3 nitrogen and oxygen atoms in total. The molecule has 1 saturated heterocycles. The summed E-state index contributed by atoms with van der Waals surface area (Å²) < 4.78 is 0. The normalized spacial score (nSPS) is 37.2. The molecule has 104 valence electrons. The molecule has 18 heavy (non-hydrogen) atoms. The molecular formula is C14H26N2OS. The fourth-order valence-electron chi connectivity index (χ4n) is 3.03. The first kappa shape index (κ1) is 14.2. The number of hydrogen-bond acceptors (Lipinski definition) is 3. The van der Waals surface area contributed by atoms with Crippen LogP contribution in [0.3, 0.4) is 0 Å². The maximum atomic E-state index is 12.5. The Hall–Kier alpha value is -0.220. The van der Waals surface area contributed by atoms with Gasteiger partial charge in [-0.2, -0.15) is 11.8 Å². The minimum Gasteiger partial charge on any atom is -0.352 e. The molecule has 0 aromatic heterocycles. The predicted molar refractivity (Wildman–Crippen MR) is 77.6 cm³/mol. The quantitative estimate of drug-likeness (QED) is 0.826. The molecular weight excluding hydrogens is 244 g/mol.